The van der Waals surface area contributed by atoms with Crippen LogP contribution in [0.25, 0.3) is 0 Å². The lowest BCUT2D eigenvalue weighted by atomic mass is 9.86. The summed E-state index contributed by atoms with van der Waals surface area (Å²) in [5, 5.41) is 0. The number of hydrogen-bond donors (Lipinski definition) is 2. The Bertz CT molecular complexity index is 455. The van der Waals surface area contributed by atoms with Gasteiger partial charge in [0, 0.05) is 11.3 Å². The van der Waals surface area contributed by atoms with Gasteiger partial charge in [0.25, 0.3) is 0 Å². The minimum Gasteiger partial charge on any atom is -0.755 e. The van der Waals surface area contributed by atoms with Gasteiger partial charge in [0.2, 0.25) is 0 Å². The number of benzene rings is 1. The monoisotopic (exact) mass is 271 g/mol. The average Bonchev–Trinajstić information content (AvgIpc) is 2.20. The molecule has 1 atom stereocenters. The molecule has 0 radical (unpaired) electrons. The van der Waals surface area contributed by atoms with Gasteiger partial charge in [-0.25, -0.2) is 0 Å². The number of rotatable bonds is 4. The van der Waals surface area contributed by atoms with E-state index in [1.54, 1.807) is 6.07 Å². The Kier molecular flexibility index (Phi) is 4.59. The lowest BCUT2D eigenvalue weighted by Gasteiger charge is -2.23. The number of nitrogens with one attached hydrogen (secondary N) is 1. The topological polar surface area (TPSA) is 87.4 Å². The van der Waals surface area contributed by atoms with Gasteiger partial charge in [-0.3, -0.25) is 4.21 Å². The van der Waals surface area contributed by atoms with Gasteiger partial charge in [0.15, 0.2) is 5.75 Å². The molecule has 0 fully saturated rings. The van der Waals surface area contributed by atoms with Crippen molar-refractivity contribution in [3.05, 3.63) is 17.7 Å². The molecule has 0 heterocycles. The van der Waals surface area contributed by atoms with Gasteiger partial charge in [-0.2, -0.15) is 0 Å². The molecule has 0 bridgehead atoms. The number of anilines is 2. The van der Waals surface area contributed by atoms with Gasteiger partial charge in [-0.15, -0.1) is 0 Å². The molecule has 1 unspecified atom stereocenters. The average molecular weight is 271 g/mol. The molecule has 3 N–H and O–H groups in total. The standard InChI is InChI=1S/C12H20N2O3S/c1-5-17-11-9(13)6-8(12(2,3)4)7-10(11)14-18(15)16/h6-7,14H,5,13H2,1-4H3,(H,15,16)/p-1. The highest BCUT2D eigenvalue weighted by molar-refractivity contribution is 7.80. The first-order valence-electron chi connectivity index (χ1n) is 5.68. The summed E-state index contributed by atoms with van der Waals surface area (Å²) in [7, 11) is 0. The Balaban J connectivity index is 3.32. The second kappa shape index (κ2) is 5.58. The molecule has 0 aliphatic heterocycles. The molecule has 0 spiro atoms. The Morgan fingerprint density at radius 3 is 2.50 bits per heavy atom. The van der Waals surface area contributed by atoms with E-state index in [0.717, 1.165) is 5.56 Å². The normalized spacial score (nSPS) is 13.2. The predicted octanol–water partition coefficient (Wildman–Crippen LogP) is 2.17. The zero-order valence-corrected chi connectivity index (χ0v) is 11.9. The highest BCUT2D eigenvalue weighted by Crippen LogP contribution is 2.37. The van der Waals surface area contributed by atoms with Crippen LogP contribution in [0, 0.1) is 0 Å². The summed E-state index contributed by atoms with van der Waals surface area (Å²) in [5.74, 6) is 0.370. The summed E-state index contributed by atoms with van der Waals surface area (Å²) in [5.41, 5.74) is 7.53. The van der Waals surface area contributed by atoms with Crippen molar-refractivity contribution in [2.24, 2.45) is 0 Å². The van der Waals surface area contributed by atoms with E-state index >= 15 is 0 Å². The molecule has 0 aliphatic carbocycles. The molecule has 0 amide bonds. The summed E-state index contributed by atoms with van der Waals surface area (Å²) in [6.07, 6.45) is 0. The first-order valence-corrected chi connectivity index (χ1v) is 6.76. The second-order valence-corrected chi connectivity index (χ2v) is 5.64. The molecule has 1 rings (SSSR count). The minimum atomic E-state index is -2.41. The Morgan fingerprint density at radius 2 is 2.06 bits per heavy atom. The van der Waals surface area contributed by atoms with E-state index in [1.807, 2.05) is 33.8 Å². The van der Waals surface area contributed by atoms with Crippen molar-refractivity contribution >= 4 is 22.6 Å². The zero-order chi connectivity index (χ0) is 13.9. The fraction of sp³-hybridized carbons (Fsp3) is 0.500. The van der Waals surface area contributed by atoms with E-state index in [0.29, 0.717) is 23.7 Å². The molecule has 18 heavy (non-hydrogen) atoms. The molecule has 6 heteroatoms. The third kappa shape index (κ3) is 3.61. The van der Waals surface area contributed by atoms with Crippen LogP contribution in [0.15, 0.2) is 12.1 Å². The van der Waals surface area contributed by atoms with Crippen molar-refractivity contribution in [2.75, 3.05) is 17.1 Å². The Labute approximate surface area is 110 Å². The third-order valence-corrected chi connectivity index (χ3v) is 2.85. The van der Waals surface area contributed by atoms with Gasteiger partial charge in [0.05, 0.1) is 18.0 Å². The number of nitrogens with two attached hydrogens (primary N) is 1. The van der Waals surface area contributed by atoms with E-state index in [1.165, 1.54) is 0 Å². The first-order chi connectivity index (χ1) is 8.25. The van der Waals surface area contributed by atoms with Gasteiger partial charge in [-0.1, -0.05) is 20.8 Å². The summed E-state index contributed by atoms with van der Waals surface area (Å²) >= 11 is -2.41. The molecule has 5 nitrogen and oxygen atoms in total. The van der Waals surface area contributed by atoms with Crippen LogP contribution in [0.3, 0.4) is 0 Å². The number of hydrogen-bond acceptors (Lipinski definition) is 4. The molecular weight excluding hydrogens is 252 g/mol. The van der Waals surface area contributed by atoms with E-state index in [9.17, 15) is 8.76 Å². The van der Waals surface area contributed by atoms with E-state index < -0.39 is 11.3 Å². The van der Waals surface area contributed by atoms with Crippen LogP contribution in [0.2, 0.25) is 0 Å². The van der Waals surface area contributed by atoms with E-state index in [4.69, 9.17) is 10.5 Å². The van der Waals surface area contributed by atoms with Crippen LogP contribution in [0.4, 0.5) is 11.4 Å². The molecule has 1 aromatic rings. The molecule has 0 aromatic heterocycles. The maximum absolute atomic E-state index is 10.8. The number of ether oxygens (including phenoxy) is 1. The summed E-state index contributed by atoms with van der Waals surface area (Å²) in [6.45, 7) is 8.31. The largest absolute Gasteiger partial charge is 0.755 e. The van der Waals surface area contributed by atoms with Crippen LogP contribution in [-0.2, 0) is 16.7 Å². The molecular formula is C12H19N2O3S-. The maximum Gasteiger partial charge on any atom is 0.166 e. The van der Waals surface area contributed by atoms with E-state index in [-0.39, 0.29) is 5.41 Å². The molecule has 0 aliphatic rings. The van der Waals surface area contributed by atoms with Crippen molar-refractivity contribution in [1.29, 1.82) is 0 Å². The second-order valence-electron chi connectivity index (χ2n) is 4.96. The van der Waals surface area contributed by atoms with Crippen LogP contribution in [-0.4, -0.2) is 15.4 Å². The smallest absolute Gasteiger partial charge is 0.166 e. The molecule has 0 saturated heterocycles. The zero-order valence-electron chi connectivity index (χ0n) is 11.1. The highest BCUT2D eigenvalue weighted by atomic mass is 32.2. The minimum absolute atomic E-state index is 0.125. The van der Waals surface area contributed by atoms with Crippen molar-refractivity contribution < 1.29 is 13.5 Å². The van der Waals surface area contributed by atoms with Gasteiger partial charge < -0.3 is 19.7 Å². The number of nitrogen functional groups attached to an aromatic ring is 1. The van der Waals surface area contributed by atoms with Crippen molar-refractivity contribution in [3.8, 4) is 5.75 Å². The molecule has 0 saturated carbocycles. The third-order valence-electron chi connectivity index (χ3n) is 2.47. The van der Waals surface area contributed by atoms with Gasteiger partial charge in [-0.05, 0) is 30.0 Å². The highest BCUT2D eigenvalue weighted by Gasteiger charge is 2.18. The summed E-state index contributed by atoms with van der Waals surface area (Å²) in [4.78, 5) is 0. The predicted molar refractivity (Wildman–Crippen MR) is 73.3 cm³/mol. The molecule has 1 aromatic carbocycles. The van der Waals surface area contributed by atoms with Crippen molar-refractivity contribution in [1.82, 2.24) is 0 Å². The molecule has 102 valence electrons. The van der Waals surface area contributed by atoms with Gasteiger partial charge >= 0.3 is 0 Å². The van der Waals surface area contributed by atoms with Crippen LogP contribution in [0.5, 0.6) is 5.75 Å². The fourth-order valence-corrected chi connectivity index (χ4v) is 1.89. The van der Waals surface area contributed by atoms with E-state index in [2.05, 4.69) is 4.72 Å². The Hall–Kier alpha value is -1.27. The summed E-state index contributed by atoms with van der Waals surface area (Å²) in [6, 6.07) is 3.56. The maximum atomic E-state index is 10.8. The summed E-state index contributed by atoms with van der Waals surface area (Å²) < 4.78 is 29.3. The van der Waals surface area contributed by atoms with Crippen LogP contribution >= 0.6 is 0 Å². The SMILES string of the molecule is CCOc1c(N)cc(C(C)(C)C)cc1NS(=O)[O-]. The van der Waals surface area contributed by atoms with Crippen molar-refractivity contribution in [2.45, 2.75) is 33.1 Å². The van der Waals surface area contributed by atoms with Gasteiger partial charge in [0.1, 0.15) is 0 Å². The first kappa shape index (κ1) is 14.8. The van der Waals surface area contributed by atoms with Crippen LogP contribution < -0.4 is 15.2 Å². The van der Waals surface area contributed by atoms with Crippen molar-refractivity contribution in [3.63, 3.8) is 0 Å². The lowest BCUT2D eigenvalue weighted by Crippen LogP contribution is -2.14. The Morgan fingerprint density at radius 1 is 1.44 bits per heavy atom. The fourth-order valence-electron chi connectivity index (χ4n) is 1.56. The quantitative estimate of drug-likeness (QED) is 0.649. The van der Waals surface area contributed by atoms with Crippen LogP contribution in [0.1, 0.15) is 33.3 Å². The lowest BCUT2D eigenvalue weighted by molar-refractivity contribution is 0.343.